The Balaban J connectivity index is 1.63. The average molecular weight is 527 g/mol. The summed E-state index contributed by atoms with van der Waals surface area (Å²) in [6.07, 6.45) is 1.90. The quantitative estimate of drug-likeness (QED) is 0.249. The van der Waals surface area contributed by atoms with E-state index in [4.69, 9.17) is 14.4 Å². The van der Waals surface area contributed by atoms with E-state index in [1.807, 2.05) is 18.3 Å². The van der Waals surface area contributed by atoms with Crippen LogP contribution in [0.3, 0.4) is 0 Å². The largest absolute Gasteiger partial charge is 0.507 e. The van der Waals surface area contributed by atoms with Gasteiger partial charge in [0.1, 0.15) is 11.3 Å². The number of para-hydroxylation sites is 1. The fourth-order valence-electron chi connectivity index (χ4n) is 5.59. The van der Waals surface area contributed by atoms with Crippen molar-refractivity contribution in [1.82, 2.24) is 9.97 Å². The third-order valence-corrected chi connectivity index (χ3v) is 7.94. The monoisotopic (exact) mass is 526 g/mol. The molecule has 2 aromatic heterocycles. The van der Waals surface area contributed by atoms with E-state index in [1.54, 1.807) is 12.1 Å². The minimum absolute atomic E-state index is 0.0941. The van der Waals surface area contributed by atoms with Crippen molar-refractivity contribution in [3.8, 4) is 39.5 Å². The lowest BCUT2D eigenvalue weighted by Gasteiger charge is -2.20. The second kappa shape index (κ2) is 9.34. The first kappa shape index (κ1) is 25.8. The standard InChI is InChI=1S/C36H34N2O2/c1-20-14-24(28-16-22(3)23(4)32-21(2)12-13-37-34(28)32)17-25(15-20)29-18-26(36(5,6)7)19-31-33(29)38-35(40-31)27-10-8-9-11-30(27)39/h8-19,39H,1-7H3. The second-order valence-electron chi connectivity index (χ2n) is 12.0. The van der Waals surface area contributed by atoms with Crippen LogP contribution in [0.15, 0.2) is 77.3 Å². The van der Waals surface area contributed by atoms with E-state index < -0.39 is 0 Å². The molecule has 0 bridgehead atoms. The summed E-state index contributed by atoms with van der Waals surface area (Å²) in [4.78, 5) is 9.77. The lowest BCUT2D eigenvalue weighted by Crippen LogP contribution is -2.11. The molecule has 6 rings (SSSR count). The zero-order valence-corrected chi connectivity index (χ0v) is 24.2. The summed E-state index contributed by atoms with van der Waals surface area (Å²) in [6, 6.07) is 22.5. The number of aromatic nitrogens is 2. The molecular weight excluding hydrogens is 492 g/mol. The lowest BCUT2D eigenvalue weighted by atomic mass is 9.84. The van der Waals surface area contributed by atoms with Crippen molar-refractivity contribution in [2.45, 2.75) is 53.9 Å². The Hall–Kier alpha value is -4.44. The number of pyridine rings is 1. The van der Waals surface area contributed by atoms with Crippen LogP contribution in [0.4, 0.5) is 0 Å². The van der Waals surface area contributed by atoms with Gasteiger partial charge in [-0.25, -0.2) is 4.98 Å². The number of nitrogens with zero attached hydrogens (tertiary/aromatic N) is 2. The molecule has 1 N–H and O–H groups in total. The topological polar surface area (TPSA) is 59.2 Å². The molecule has 200 valence electrons. The minimum atomic E-state index is -0.0941. The maximum atomic E-state index is 10.5. The molecule has 0 amide bonds. The minimum Gasteiger partial charge on any atom is -0.507 e. The molecule has 0 aliphatic carbocycles. The molecule has 6 aromatic rings. The first-order valence-corrected chi connectivity index (χ1v) is 13.7. The normalized spacial score (nSPS) is 12.0. The van der Waals surface area contributed by atoms with Crippen LogP contribution in [0.25, 0.3) is 55.7 Å². The number of aryl methyl sites for hydroxylation is 4. The van der Waals surface area contributed by atoms with Gasteiger partial charge in [-0.2, -0.15) is 0 Å². The van der Waals surface area contributed by atoms with Crippen molar-refractivity contribution >= 4 is 22.0 Å². The molecule has 0 atom stereocenters. The number of benzene rings is 4. The summed E-state index contributed by atoms with van der Waals surface area (Å²) < 4.78 is 6.30. The Labute approximate surface area is 235 Å². The van der Waals surface area contributed by atoms with Crippen molar-refractivity contribution in [2.24, 2.45) is 0 Å². The van der Waals surface area contributed by atoms with Crippen LogP contribution in [-0.4, -0.2) is 15.1 Å². The van der Waals surface area contributed by atoms with E-state index in [2.05, 4.69) is 90.9 Å². The molecule has 0 aliphatic heterocycles. The number of hydrogen-bond acceptors (Lipinski definition) is 4. The number of aromatic hydroxyl groups is 1. The summed E-state index contributed by atoms with van der Waals surface area (Å²) >= 11 is 0. The van der Waals surface area contributed by atoms with E-state index in [0.717, 1.165) is 44.4 Å². The van der Waals surface area contributed by atoms with Crippen LogP contribution in [0.2, 0.25) is 0 Å². The molecule has 40 heavy (non-hydrogen) atoms. The first-order chi connectivity index (χ1) is 19.0. The molecule has 0 aliphatic rings. The molecule has 4 aromatic carbocycles. The van der Waals surface area contributed by atoms with E-state index >= 15 is 0 Å². The third kappa shape index (κ3) is 4.34. The van der Waals surface area contributed by atoms with Gasteiger partial charge in [0, 0.05) is 22.7 Å². The summed E-state index contributed by atoms with van der Waals surface area (Å²) in [6.45, 7) is 15.3. The Bertz CT molecular complexity index is 1940. The molecular formula is C36H34N2O2. The molecule has 4 nitrogen and oxygen atoms in total. The number of phenols is 1. The SMILES string of the molecule is Cc1cc(-c2cc(C(C)(C)C)cc3oc(-c4ccccc4O)nc23)cc(-c2cc(C)c(C)c3c(C)ccnc23)c1. The molecule has 0 saturated carbocycles. The van der Waals surface area contributed by atoms with E-state index in [9.17, 15) is 5.11 Å². The van der Waals surface area contributed by atoms with E-state index in [0.29, 0.717) is 17.0 Å². The highest BCUT2D eigenvalue weighted by atomic mass is 16.3. The van der Waals surface area contributed by atoms with Gasteiger partial charge in [-0.15, -0.1) is 0 Å². The van der Waals surface area contributed by atoms with Crippen LogP contribution in [0.1, 0.15) is 48.6 Å². The van der Waals surface area contributed by atoms with Gasteiger partial charge in [-0.1, -0.05) is 45.0 Å². The van der Waals surface area contributed by atoms with Crippen molar-refractivity contribution in [2.75, 3.05) is 0 Å². The average Bonchev–Trinajstić information content (AvgIpc) is 3.33. The summed E-state index contributed by atoms with van der Waals surface area (Å²) in [5, 5.41) is 11.7. The smallest absolute Gasteiger partial charge is 0.231 e. The van der Waals surface area contributed by atoms with Crippen LogP contribution < -0.4 is 0 Å². The highest BCUT2D eigenvalue weighted by molar-refractivity contribution is 6.00. The van der Waals surface area contributed by atoms with Crippen LogP contribution in [0.5, 0.6) is 5.75 Å². The molecule has 4 heteroatoms. The van der Waals surface area contributed by atoms with Crippen molar-refractivity contribution in [1.29, 1.82) is 0 Å². The molecule has 2 heterocycles. The Morgan fingerprint density at radius 3 is 2.12 bits per heavy atom. The Morgan fingerprint density at radius 1 is 0.725 bits per heavy atom. The second-order valence-corrected chi connectivity index (χ2v) is 12.0. The third-order valence-electron chi connectivity index (χ3n) is 7.94. The van der Waals surface area contributed by atoms with Gasteiger partial charge in [-0.3, -0.25) is 4.98 Å². The molecule has 0 unspecified atom stereocenters. The van der Waals surface area contributed by atoms with Crippen molar-refractivity contribution in [3.63, 3.8) is 0 Å². The fraction of sp³-hybridized carbons (Fsp3) is 0.222. The highest BCUT2D eigenvalue weighted by Crippen LogP contribution is 2.41. The molecule has 0 saturated heterocycles. The number of hydrogen-bond donors (Lipinski definition) is 1. The summed E-state index contributed by atoms with van der Waals surface area (Å²) in [5.41, 5.74) is 13.4. The number of rotatable bonds is 3. The highest BCUT2D eigenvalue weighted by Gasteiger charge is 2.22. The van der Waals surface area contributed by atoms with E-state index in [1.165, 1.54) is 22.1 Å². The van der Waals surface area contributed by atoms with E-state index in [-0.39, 0.29) is 11.2 Å². The maximum absolute atomic E-state index is 10.5. The lowest BCUT2D eigenvalue weighted by molar-refractivity contribution is 0.474. The van der Waals surface area contributed by atoms with Gasteiger partial charge in [0.25, 0.3) is 0 Å². The summed E-state index contributed by atoms with van der Waals surface area (Å²) in [5.74, 6) is 0.557. The summed E-state index contributed by atoms with van der Waals surface area (Å²) in [7, 11) is 0. The zero-order valence-electron chi connectivity index (χ0n) is 24.2. The zero-order chi connectivity index (χ0) is 28.3. The molecule has 0 radical (unpaired) electrons. The van der Waals surface area contributed by atoms with Crippen molar-refractivity contribution in [3.05, 3.63) is 101 Å². The van der Waals surface area contributed by atoms with Gasteiger partial charge >= 0.3 is 0 Å². The first-order valence-electron chi connectivity index (χ1n) is 13.7. The fourth-order valence-corrected chi connectivity index (χ4v) is 5.59. The van der Waals surface area contributed by atoms with Crippen LogP contribution in [-0.2, 0) is 5.41 Å². The van der Waals surface area contributed by atoms with Crippen LogP contribution >= 0.6 is 0 Å². The van der Waals surface area contributed by atoms with Crippen molar-refractivity contribution < 1.29 is 9.52 Å². The predicted molar refractivity (Wildman–Crippen MR) is 165 cm³/mol. The number of oxazole rings is 1. The number of phenolic OH excluding ortho intramolecular Hbond substituents is 1. The van der Waals surface area contributed by atoms with Crippen LogP contribution in [0, 0.1) is 27.7 Å². The maximum Gasteiger partial charge on any atom is 0.231 e. The predicted octanol–water partition coefficient (Wildman–Crippen LogP) is 9.61. The van der Waals surface area contributed by atoms with Gasteiger partial charge < -0.3 is 9.52 Å². The molecule has 0 fully saturated rings. The van der Waals surface area contributed by atoms with Gasteiger partial charge in [0.15, 0.2) is 5.58 Å². The Kier molecular flexibility index (Phi) is 6.03. The van der Waals surface area contributed by atoms with Gasteiger partial charge in [0.2, 0.25) is 5.89 Å². The Morgan fingerprint density at radius 2 is 1.43 bits per heavy atom. The van der Waals surface area contributed by atoms with Gasteiger partial charge in [0.05, 0.1) is 11.1 Å². The number of fused-ring (bicyclic) bond motifs is 2. The van der Waals surface area contributed by atoms with Gasteiger partial charge in [-0.05, 0) is 115 Å². The molecule has 0 spiro atoms.